The summed E-state index contributed by atoms with van der Waals surface area (Å²) in [6.07, 6.45) is 3.45. The number of rotatable bonds is 6. The number of hydrogen-bond donors (Lipinski definition) is 1. The average molecular weight is 524 g/mol. The summed E-state index contributed by atoms with van der Waals surface area (Å²) in [5, 5.41) is 2.93. The Labute approximate surface area is 222 Å². The Bertz CT molecular complexity index is 1160. The molecule has 0 aliphatic carbocycles. The Kier molecular flexibility index (Phi) is 7.76. The molecule has 0 saturated carbocycles. The molecule has 2 atom stereocenters. The Morgan fingerprint density at radius 2 is 1.66 bits per heavy atom. The maximum absolute atomic E-state index is 13.7. The van der Waals surface area contributed by atoms with E-state index in [1.165, 1.54) is 29.2 Å². The fourth-order valence-corrected chi connectivity index (χ4v) is 5.56. The number of carbonyl (C=O) groups is 3. The highest BCUT2D eigenvalue weighted by molar-refractivity contribution is 5.98. The van der Waals surface area contributed by atoms with Crippen LogP contribution < -0.4 is 5.32 Å². The van der Waals surface area contributed by atoms with Crippen molar-refractivity contribution < 1.29 is 28.2 Å². The van der Waals surface area contributed by atoms with Crippen molar-refractivity contribution in [2.45, 2.75) is 56.9 Å². The van der Waals surface area contributed by atoms with Crippen LogP contribution in [-0.2, 0) is 20.7 Å². The molecule has 1 spiro atoms. The topological polar surface area (TPSA) is 88.2 Å². The van der Waals surface area contributed by atoms with E-state index in [1.54, 1.807) is 4.90 Å². The van der Waals surface area contributed by atoms with Gasteiger partial charge in [0.15, 0.2) is 0 Å². The fraction of sp³-hybridized carbons (Fsp3) is 0.483. The number of benzene rings is 2. The minimum atomic E-state index is -1.03. The monoisotopic (exact) mass is 523 g/mol. The second kappa shape index (κ2) is 11.2. The number of carbonyl (C=O) groups excluding carboxylic acids is 3. The molecule has 8 nitrogen and oxygen atoms in total. The van der Waals surface area contributed by atoms with Gasteiger partial charge >= 0.3 is 0 Å². The highest BCUT2D eigenvalue weighted by Crippen LogP contribution is 2.39. The van der Waals surface area contributed by atoms with Crippen molar-refractivity contribution in [1.29, 1.82) is 0 Å². The molecule has 2 aromatic rings. The van der Waals surface area contributed by atoms with Crippen molar-refractivity contribution in [3.05, 3.63) is 71.0 Å². The van der Waals surface area contributed by atoms with Gasteiger partial charge in [0, 0.05) is 50.2 Å². The number of likely N-dealkylation sites (tertiary alicyclic amines) is 1. The van der Waals surface area contributed by atoms with E-state index in [0.29, 0.717) is 44.6 Å². The number of nitrogens with zero attached hydrogens (tertiary/aromatic N) is 2. The zero-order chi connectivity index (χ0) is 26.7. The van der Waals surface area contributed by atoms with Crippen LogP contribution in [0.3, 0.4) is 0 Å². The third-order valence-corrected chi connectivity index (χ3v) is 7.84. The maximum Gasteiger partial charge on any atom is 0.256 e. The van der Waals surface area contributed by atoms with Gasteiger partial charge in [-0.2, -0.15) is 0 Å². The average Bonchev–Trinajstić information content (AvgIpc) is 3.60. The largest absolute Gasteiger partial charge is 0.376 e. The van der Waals surface area contributed by atoms with Crippen LogP contribution in [0.4, 0.5) is 4.39 Å². The second-order valence-electron chi connectivity index (χ2n) is 10.2. The lowest BCUT2D eigenvalue weighted by atomic mass is 9.96. The molecule has 38 heavy (non-hydrogen) atoms. The number of amides is 3. The van der Waals surface area contributed by atoms with Crippen LogP contribution in [0.1, 0.15) is 58.9 Å². The molecule has 202 valence electrons. The summed E-state index contributed by atoms with van der Waals surface area (Å²) in [5.41, 5.74) is 1.04. The Morgan fingerprint density at radius 3 is 2.29 bits per heavy atom. The van der Waals surface area contributed by atoms with Gasteiger partial charge in [-0.05, 0) is 61.2 Å². The molecule has 0 bridgehead atoms. The van der Waals surface area contributed by atoms with E-state index in [2.05, 4.69) is 12.2 Å². The lowest BCUT2D eigenvalue weighted by Gasteiger charge is -2.44. The summed E-state index contributed by atoms with van der Waals surface area (Å²) in [5.74, 6) is -1.21. The molecule has 3 fully saturated rings. The van der Waals surface area contributed by atoms with Gasteiger partial charge in [0.1, 0.15) is 17.6 Å². The summed E-state index contributed by atoms with van der Waals surface area (Å²) in [6.45, 7) is 3.94. The first-order valence-electron chi connectivity index (χ1n) is 13.4. The quantitative estimate of drug-likeness (QED) is 0.629. The van der Waals surface area contributed by atoms with Crippen LogP contribution >= 0.6 is 0 Å². The number of aryl methyl sites for hydroxylation is 1. The third kappa shape index (κ3) is 5.31. The van der Waals surface area contributed by atoms with E-state index in [9.17, 15) is 18.8 Å². The first-order valence-corrected chi connectivity index (χ1v) is 13.4. The van der Waals surface area contributed by atoms with E-state index in [4.69, 9.17) is 9.47 Å². The first kappa shape index (κ1) is 26.3. The number of piperidine rings is 1. The van der Waals surface area contributed by atoms with Crippen LogP contribution in [-0.4, -0.2) is 78.2 Å². The van der Waals surface area contributed by atoms with Crippen molar-refractivity contribution in [2.24, 2.45) is 0 Å². The van der Waals surface area contributed by atoms with Gasteiger partial charge < -0.3 is 19.7 Å². The SMILES string of the molecule is CCc1ccc(C(=O)N2CCC3(CC2)OC[C@@H](C(=O)NC[C@@H]2CCCO2)N3C(=O)c2ccc(F)cc2)cc1. The van der Waals surface area contributed by atoms with Crippen LogP contribution in [0.25, 0.3) is 0 Å². The third-order valence-electron chi connectivity index (χ3n) is 7.84. The minimum Gasteiger partial charge on any atom is -0.376 e. The van der Waals surface area contributed by atoms with Crippen molar-refractivity contribution in [1.82, 2.24) is 15.1 Å². The minimum absolute atomic E-state index is 0.0304. The van der Waals surface area contributed by atoms with E-state index < -0.39 is 23.5 Å². The molecular weight excluding hydrogens is 489 g/mol. The zero-order valence-corrected chi connectivity index (χ0v) is 21.7. The fourth-order valence-electron chi connectivity index (χ4n) is 5.56. The second-order valence-corrected chi connectivity index (χ2v) is 10.2. The first-order chi connectivity index (χ1) is 18.4. The molecular formula is C29H34FN3O5. The van der Waals surface area contributed by atoms with E-state index >= 15 is 0 Å². The highest BCUT2D eigenvalue weighted by Gasteiger charge is 2.54. The Morgan fingerprint density at radius 1 is 1.00 bits per heavy atom. The van der Waals surface area contributed by atoms with Crippen LogP contribution in [0.15, 0.2) is 48.5 Å². The Balaban J connectivity index is 1.33. The smallest absolute Gasteiger partial charge is 0.256 e. The molecule has 2 aromatic carbocycles. The summed E-state index contributed by atoms with van der Waals surface area (Å²) in [4.78, 5) is 43.4. The van der Waals surface area contributed by atoms with E-state index in [-0.39, 0.29) is 30.1 Å². The molecule has 0 aromatic heterocycles. The van der Waals surface area contributed by atoms with Crippen molar-refractivity contribution in [2.75, 3.05) is 32.8 Å². The molecule has 5 rings (SSSR count). The highest BCUT2D eigenvalue weighted by atomic mass is 19.1. The number of ether oxygens (including phenoxy) is 2. The summed E-state index contributed by atoms with van der Waals surface area (Å²) >= 11 is 0. The van der Waals surface area contributed by atoms with Gasteiger partial charge in [-0.15, -0.1) is 0 Å². The molecule has 0 unspecified atom stereocenters. The summed E-state index contributed by atoms with van der Waals surface area (Å²) in [6, 6.07) is 12.1. The summed E-state index contributed by atoms with van der Waals surface area (Å²) in [7, 11) is 0. The van der Waals surface area contributed by atoms with Crippen molar-refractivity contribution in [3.63, 3.8) is 0 Å². The molecule has 3 aliphatic rings. The van der Waals surface area contributed by atoms with Crippen LogP contribution in [0.5, 0.6) is 0 Å². The molecule has 3 heterocycles. The van der Waals surface area contributed by atoms with Gasteiger partial charge in [0.25, 0.3) is 11.8 Å². The lowest BCUT2D eigenvalue weighted by Crippen LogP contribution is -2.60. The van der Waals surface area contributed by atoms with Crippen molar-refractivity contribution in [3.8, 4) is 0 Å². The molecule has 3 saturated heterocycles. The summed E-state index contributed by atoms with van der Waals surface area (Å²) < 4.78 is 25.4. The predicted octanol–water partition coefficient (Wildman–Crippen LogP) is 3.16. The standard InChI is InChI=1S/C29H34FN3O5/c1-2-20-5-7-21(8-6-20)27(35)32-15-13-29(14-16-32)33(28(36)22-9-11-23(30)12-10-22)25(19-38-29)26(34)31-18-24-4-3-17-37-24/h5-12,24-25H,2-4,13-19H2,1H3,(H,31,34)/t24-,25-/m0/s1. The lowest BCUT2D eigenvalue weighted by molar-refractivity contribution is -0.128. The number of nitrogens with one attached hydrogen (secondary N) is 1. The Hall–Kier alpha value is -3.30. The molecule has 9 heteroatoms. The zero-order valence-electron chi connectivity index (χ0n) is 21.7. The predicted molar refractivity (Wildman–Crippen MR) is 138 cm³/mol. The number of hydrogen-bond acceptors (Lipinski definition) is 5. The van der Waals surface area contributed by atoms with Gasteiger partial charge in [-0.25, -0.2) is 4.39 Å². The van der Waals surface area contributed by atoms with E-state index in [0.717, 1.165) is 24.8 Å². The number of halogens is 1. The maximum atomic E-state index is 13.7. The molecule has 1 N–H and O–H groups in total. The van der Waals surface area contributed by atoms with E-state index in [1.807, 2.05) is 24.3 Å². The van der Waals surface area contributed by atoms with Crippen LogP contribution in [0.2, 0.25) is 0 Å². The molecule has 0 radical (unpaired) electrons. The van der Waals surface area contributed by atoms with Crippen LogP contribution in [0, 0.1) is 5.82 Å². The van der Waals surface area contributed by atoms with Gasteiger partial charge in [0.05, 0.1) is 12.7 Å². The van der Waals surface area contributed by atoms with Crippen molar-refractivity contribution >= 4 is 17.7 Å². The normalized spacial score (nSPS) is 22.6. The molecule has 3 amide bonds. The van der Waals surface area contributed by atoms with Gasteiger partial charge in [-0.3, -0.25) is 19.3 Å². The van der Waals surface area contributed by atoms with Gasteiger partial charge in [0.2, 0.25) is 5.91 Å². The van der Waals surface area contributed by atoms with Gasteiger partial charge in [-0.1, -0.05) is 19.1 Å². The molecule has 3 aliphatic heterocycles.